The van der Waals surface area contributed by atoms with E-state index in [0.717, 1.165) is 6.26 Å². The maximum Gasteiger partial charge on any atom is 0.250 e. The van der Waals surface area contributed by atoms with Crippen molar-refractivity contribution in [3.8, 4) is 0 Å². The number of carbonyl (C=O) groups is 1. The monoisotopic (exact) mass is 194 g/mol. The highest BCUT2D eigenvalue weighted by molar-refractivity contribution is 7.89. The molecule has 0 bridgehead atoms. The molecule has 0 spiro atoms. The fourth-order valence-corrected chi connectivity index (χ4v) is 1.06. The summed E-state index contributed by atoms with van der Waals surface area (Å²) in [6.45, 7) is 3.49. The lowest BCUT2D eigenvalue weighted by Crippen LogP contribution is -2.45. The Morgan fingerprint density at radius 2 is 1.83 bits per heavy atom. The minimum absolute atomic E-state index is 0.0771. The van der Waals surface area contributed by atoms with Crippen LogP contribution in [0.3, 0.4) is 0 Å². The second-order valence-electron chi connectivity index (χ2n) is 3.01. The molecule has 0 saturated heterocycles. The van der Waals surface area contributed by atoms with Crippen LogP contribution in [-0.4, -0.2) is 26.6 Å². The molecule has 0 rings (SSSR count). The first-order chi connectivity index (χ1) is 5.24. The molecular formula is C6H14N2O3S. The van der Waals surface area contributed by atoms with E-state index >= 15 is 0 Å². The number of rotatable bonds is 3. The molecular weight excluding hydrogens is 180 g/mol. The van der Waals surface area contributed by atoms with Crippen molar-refractivity contribution < 1.29 is 13.2 Å². The van der Waals surface area contributed by atoms with Gasteiger partial charge in [-0.05, 0) is 5.92 Å². The van der Waals surface area contributed by atoms with Crippen LogP contribution in [0.2, 0.25) is 0 Å². The molecule has 0 radical (unpaired) electrons. The first kappa shape index (κ1) is 11.4. The molecule has 3 N–H and O–H groups in total. The van der Waals surface area contributed by atoms with Crippen LogP contribution in [0.25, 0.3) is 0 Å². The predicted molar refractivity (Wildman–Crippen MR) is 45.8 cm³/mol. The van der Waals surface area contributed by atoms with Crippen molar-refractivity contribution in [2.45, 2.75) is 19.9 Å². The molecule has 0 fully saturated rings. The van der Waals surface area contributed by atoms with Crippen molar-refractivity contribution in [3.05, 3.63) is 0 Å². The first-order valence-electron chi connectivity index (χ1n) is 3.51. The topological polar surface area (TPSA) is 89.3 Å². The highest BCUT2D eigenvalue weighted by atomic mass is 32.2. The molecule has 12 heavy (non-hydrogen) atoms. The number of hydrogen-bond donors (Lipinski definition) is 2. The Morgan fingerprint density at radius 1 is 1.42 bits per heavy atom. The predicted octanol–water partition coefficient (Wildman–Crippen LogP) is -0.954. The Balaban J connectivity index is 4.25. The Bertz CT molecular complexity index is 258. The third-order valence-corrected chi connectivity index (χ3v) is 1.88. The Morgan fingerprint density at radius 3 is 2.08 bits per heavy atom. The molecule has 0 aliphatic heterocycles. The second kappa shape index (κ2) is 3.86. The van der Waals surface area contributed by atoms with Crippen LogP contribution in [0.5, 0.6) is 0 Å². The first-order valence-corrected chi connectivity index (χ1v) is 5.40. The van der Waals surface area contributed by atoms with E-state index in [1.165, 1.54) is 0 Å². The van der Waals surface area contributed by atoms with Gasteiger partial charge in [-0.1, -0.05) is 13.8 Å². The molecule has 5 nitrogen and oxygen atoms in total. The zero-order valence-corrected chi connectivity index (χ0v) is 8.18. The second-order valence-corrected chi connectivity index (χ2v) is 4.76. The van der Waals surface area contributed by atoms with Crippen LogP contribution in [0.4, 0.5) is 0 Å². The van der Waals surface area contributed by atoms with Crippen LogP contribution in [0, 0.1) is 5.92 Å². The lowest BCUT2D eigenvalue weighted by molar-refractivity contribution is -0.121. The highest BCUT2D eigenvalue weighted by Crippen LogP contribution is 1.97. The number of nitrogens with two attached hydrogens (primary N) is 1. The van der Waals surface area contributed by atoms with Gasteiger partial charge in [-0.3, -0.25) is 9.52 Å². The minimum atomic E-state index is -3.48. The highest BCUT2D eigenvalue weighted by Gasteiger charge is 2.19. The van der Waals surface area contributed by atoms with Crippen LogP contribution in [0.15, 0.2) is 0 Å². The average molecular weight is 194 g/mol. The SMILES string of the molecule is CC(C)C(N)C(=O)NS(C)(=O)=O. The van der Waals surface area contributed by atoms with E-state index in [9.17, 15) is 13.2 Å². The third kappa shape index (κ3) is 4.30. The smallest absolute Gasteiger partial charge is 0.250 e. The summed E-state index contributed by atoms with van der Waals surface area (Å²) in [5.41, 5.74) is 5.39. The van der Waals surface area contributed by atoms with Crippen LogP contribution in [-0.2, 0) is 14.8 Å². The molecule has 0 heterocycles. The van der Waals surface area contributed by atoms with Crippen molar-refractivity contribution in [1.29, 1.82) is 0 Å². The zero-order chi connectivity index (χ0) is 9.94. The maximum absolute atomic E-state index is 11.0. The van der Waals surface area contributed by atoms with Crippen molar-refractivity contribution in [3.63, 3.8) is 0 Å². The summed E-state index contributed by atoms with van der Waals surface area (Å²) in [5, 5.41) is 0. The van der Waals surface area contributed by atoms with Crippen LogP contribution < -0.4 is 10.5 Å². The van der Waals surface area contributed by atoms with Gasteiger partial charge in [0, 0.05) is 0 Å². The van der Waals surface area contributed by atoms with Gasteiger partial charge in [-0.15, -0.1) is 0 Å². The molecule has 72 valence electrons. The number of carbonyl (C=O) groups excluding carboxylic acids is 1. The minimum Gasteiger partial charge on any atom is -0.320 e. The van der Waals surface area contributed by atoms with Crippen molar-refractivity contribution >= 4 is 15.9 Å². The van der Waals surface area contributed by atoms with Gasteiger partial charge in [0.05, 0.1) is 12.3 Å². The maximum atomic E-state index is 11.0. The van der Waals surface area contributed by atoms with E-state index in [2.05, 4.69) is 0 Å². The van der Waals surface area contributed by atoms with Gasteiger partial charge >= 0.3 is 0 Å². The lowest BCUT2D eigenvalue weighted by atomic mass is 10.1. The molecule has 1 atom stereocenters. The van der Waals surface area contributed by atoms with Crippen molar-refractivity contribution in [2.75, 3.05) is 6.26 Å². The number of amides is 1. The number of sulfonamides is 1. The van der Waals surface area contributed by atoms with Gasteiger partial charge in [0.25, 0.3) is 5.91 Å². The molecule has 0 aliphatic carbocycles. The van der Waals surface area contributed by atoms with Gasteiger partial charge in [-0.2, -0.15) is 0 Å². The van der Waals surface area contributed by atoms with E-state index in [1.807, 2.05) is 4.72 Å². The molecule has 0 aromatic rings. The number of nitrogens with one attached hydrogen (secondary N) is 1. The Hall–Kier alpha value is -0.620. The summed E-state index contributed by atoms with van der Waals surface area (Å²) in [6, 6.07) is -0.778. The molecule has 0 aliphatic rings. The molecule has 1 unspecified atom stereocenters. The summed E-state index contributed by atoms with van der Waals surface area (Å²) in [5.74, 6) is -0.737. The molecule has 0 saturated carbocycles. The van der Waals surface area contributed by atoms with Crippen molar-refractivity contribution in [2.24, 2.45) is 11.7 Å². The van der Waals surface area contributed by atoms with E-state index in [1.54, 1.807) is 13.8 Å². The summed E-state index contributed by atoms with van der Waals surface area (Å²) < 4.78 is 23.0. The Labute approximate surface area is 72.4 Å². The Kier molecular flexibility index (Phi) is 3.66. The molecule has 0 aromatic heterocycles. The van der Waals surface area contributed by atoms with E-state index in [0.29, 0.717) is 0 Å². The fraction of sp³-hybridized carbons (Fsp3) is 0.833. The zero-order valence-electron chi connectivity index (χ0n) is 7.37. The molecule has 0 aromatic carbocycles. The summed E-state index contributed by atoms with van der Waals surface area (Å²) >= 11 is 0. The van der Waals surface area contributed by atoms with Gasteiger partial charge in [-0.25, -0.2) is 8.42 Å². The number of hydrogen-bond acceptors (Lipinski definition) is 4. The quantitative estimate of drug-likeness (QED) is 0.606. The van der Waals surface area contributed by atoms with E-state index in [-0.39, 0.29) is 5.92 Å². The van der Waals surface area contributed by atoms with Crippen molar-refractivity contribution in [1.82, 2.24) is 4.72 Å². The molecule has 1 amide bonds. The summed E-state index contributed by atoms with van der Waals surface area (Å²) in [7, 11) is -3.48. The average Bonchev–Trinajstić information content (AvgIpc) is 1.82. The van der Waals surface area contributed by atoms with E-state index in [4.69, 9.17) is 5.73 Å². The standard InChI is InChI=1S/C6H14N2O3S/c1-4(2)5(7)6(9)8-12(3,10)11/h4-5H,7H2,1-3H3,(H,8,9). The van der Waals surface area contributed by atoms with Crippen LogP contribution >= 0.6 is 0 Å². The van der Waals surface area contributed by atoms with Gasteiger partial charge in [0.2, 0.25) is 10.0 Å². The third-order valence-electron chi connectivity index (χ3n) is 1.31. The summed E-state index contributed by atoms with van der Waals surface area (Å²) in [4.78, 5) is 11.0. The summed E-state index contributed by atoms with van der Waals surface area (Å²) in [6.07, 6.45) is 0.915. The van der Waals surface area contributed by atoms with E-state index < -0.39 is 22.0 Å². The largest absolute Gasteiger partial charge is 0.320 e. The molecule has 6 heteroatoms. The van der Waals surface area contributed by atoms with Gasteiger partial charge in [0.1, 0.15) is 0 Å². The van der Waals surface area contributed by atoms with Gasteiger partial charge in [0.15, 0.2) is 0 Å². The van der Waals surface area contributed by atoms with Gasteiger partial charge < -0.3 is 5.73 Å². The van der Waals surface area contributed by atoms with Crippen LogP contribution in [0.1, 0.15) is 13.8 Å². The lowest BCUT2D eigenvalue weighted by Gasteiger charge is -2.13. The normalized spacial score (nSPS) is 14.4. The fourth-order valence-electron chi connectivity index (χ4n) is 0.554.